The molecule has 0 amide bonds. The van der Waals surface area contributed by atoms with Crippen LogP contribution in [0.2, 0.25) is 0 Å². The van der Waals surface area contributed by atoms with E-state index in [1.807, 2.05) is 0 Å². The molecule has 16 heavy (non-hydrogen) atoms. The Kier molecular flexibility index (Phi) is 3.33. The van der Waals surface area contributed by atoms with Crippen LogP contribution in [0.25, 0.3) is 0 Å². The van der Waals surface area contributed by atoms with Crippen LogP contribution in [-0.4, -0.2) is 14.7 Å². The standard InChI is InChI=1S/C10H11F3O2S/c1-7-3-8(6-16(2,14)15)5-9(4-7)10(11,12)13/h3-5H,6H2,1-2H3. The molecule has 0 aliphatic rings. The third-order valence-electron chi connectivity index (χ3n) is 1.89. The summed E-state index contributed by atoms with van der Waals surface area (Å²) < 4.78 is 59.3. The number of hydrogen-bond acceptors (Lipinski definition) is 2. The molecule has 2 nitrogen and oxygen atoms in total. The van der Waals surface area contributed by atoms with Crippen molar-refractivity contribution in [1.29, 1.82) is 0 Å². The van der Waals surface area contributed by atoms with Crippen LogP contribution in [0.5, 0.6) is 0 Å². The lowest BCUT2D eigenvalue weighted by Gasteiger charge is -2.10. The molecular weight excluding hydrogens is 241 g/mol. The van der Waals surface area contributed by atoms with Crippen molar-refractivity contribution in [3.63, 3.8) is 0 Å². The zero-order valence-corrected chi connectivity index (χ0v) is 9.61. The van der Waals surface area contributed by atoms with Crippen LogP contribution in [0.1, 0.15) is 16.7 Å². The summed E-state index contributed by atoms with van der Waals surface area (Å²) in [6, 6.07) is 3.30. The largest absolute Gasteiger partial charge is 0.416 e. The van der Waals surface area contributed by atoms with Gasteiger partial charge in [-0.2, -0.15) is 13.2 Å². The Morgan fingerprint density at radius 1 is 1.19 bits per heavy atom. The van der Waals surface area contributed by atoms with E-state index in [1.165, 1.54) is 13.0 Å². The van der Waals surface area contributed by atoms with E-state index < -0.39 is 21.6 Å². The molecule has 1 rings (SSSR count). The maximum Gasteiger partial charge on any atom is 0.416 e. The van der Waals surface area contributed by atoms with Crippen LogP contribution < -0.4 is 0 Å². The third-order valence-corrected chi connectivity index (χ3v) is 2.75. The Balaban J connectivity index is 3.19. The van der Waals surface area contributed by atoms with Gasteiger partial charge in [0.2, 0.25) is 0 Å². The van der Waals surface area contributed by atoms with E-state index in [0.717, 1.165) is 18.4 Å². The summed E-state index contributed by atoms with van der Waals surface area (Å²) in [6.45, 7) is 1.50. The fourth-order valence-corrected chi connectivity index (χ4v) is 2.18. The molecular formula is C10H11F3O2S. The van der Waals surface area contributed by atoms with Gasteiger partial charge in [0.05, 0.1) is 11.3 Å². The average molecular weight is 252 g/mol. The van der Waals surface area contributed by atoms with Gasteiger partial charge in [-0.25, -0.2) is 8.42 Å². The molecule has 0 aromatic heterocycles. The highest BCUT2D eigenvalue weighted by molar-refractivity contribution is 7.89. The molecule has 0 saturated carbocycles. The Morgan fingerprint density at radius 3 is 2.19 bits per heavy atom. The summed E-state index contributed by atoms with van der Waals surface area (Å²) in [6.07, 6.45) is -3.46. The van der Waals surface area contributed by atoms with E-state index in [9.17, 15) is 21.6 Å². The third kappa shape index (κ3) is 3.84. The molecule has 0 atom stereocenters. The monoisotopic (exact) mass is 252 g/mol. The molecule has 0 bridgehead atoms. The molecule has 0 unspecified atom stereocenters. The lowest BCUT2D eigenvalue weighted by Crippen LogP contribution is -2.08. The summed E-state index contributed by atoms with van der Waals surface area (Å²) in [5.41, 5.74) is -0.255. The van der Waals surface area contributed by atoms with Gasteiger partial charge in [0.1, 0.15) is 0 Å². The topological polar surface area (TPSA) is 34.1 Å². The van der Waals surface area contributed by atoms with Crippen molar-refractivity contribution in [2.75, 3.05) is 6.26 Å². The summed E-state index contributed by atoms with van der Waals surface area (Å²) in [5.74, 6) is -0.377. The molecule has 0 heterocycles. The minimum Gasteiger partial charge on any atom is -0.229 e. The average Bonchev–Trinajstić information content (AvgIpc) is 1.97. The van der Waals surface area contributed by atoms with Gasteiger partial charge in [0.25, 0.3) is 0 Å². The lowest BCUT2D eigenvalue weighted by atomic mass is 10.1. The zero-order valence-electron chi connectivity index (χ0n) is 8.80. The number of hydrogen-bond donors (Lipinski definition) is 0. The molecule has 0 saturated heterocycles. The van der Waals surface area contributed by atoms with Crippen LogP contribution in [0.4, 0.5) is 13.2 Å². The Labute approximate surface area is 92.0 Å². The number of benzene rings is 1. The second-order valence-electron chi connectivity index (χ2n) is 3.78. The first-order valence-corrected chi connectivity index (χ1v) is 6.49. The van der Waals surface area contributed by atoms with Gasteiger partial charge in [-0.1, -0.05) is 11.6 Å². The number of aryl methyl sites for hydroxylation is 1. The second-order valence-corrected chi connectivity index (χ2v) is 5.92. The van der Waals surface area contributed by atoms with Gasteiger partial charge in [0.15, 0.2) is 9.84 Å². The highest BCUT2D eigenvalue weighted by Crippen LogP contribution is 2.30. The van der Waals surface area contributed by atoms with Gasteiger partial charge >= 0.3 is 6.18 Å². The number of alkyl halides is 3. The first-order valence-electron chi connectivity index (χ1n) is 4.43. The van der Waals surface area contributed by atoms with Crippen molar-refractivity contribution in [1.82, 2.24) is 0 Å². The molecule has 0 aliphatic heterocycles. The Hall–Kier alpha value is -1.04. The van der Waals surface area contributed by atoms with Crippen molar-refractivity contribution in [3.8, 4) is 0 Å². The summed E-state index contributed by atoms with van der Waals surface area (Å²) in [5, 5.41) is 0. The van der Waals surface area contributed by atoms with E-state index >= 15 is 0 Å². The SMILES string of the molecule is Cc1cc(CS(C)(=O)=O)cc(C(F)(F)F)c1. The van der Waals surface area contributed by atoms with Gasteiger partial charge in [-0.05, 0) is 24.6 Å². The fraction of sp³-hybridized carbons (Fsp3) is 0.400. The van der Waals surface area contributed by atoms with Crippen LogP contribution >= 0.6 is 0 Å². The molecule has 0 fully saturated rings. The van der Waals surface area contributed by atoms with Crippen molar-refractivity contribution in [3.05, 3.63) is 34.9 Å². The minimum absolute atomic E-state index is 0.162. The molecule has 0 aliphatic carbocycles. The minimum atomic E-state index is -4.45. The van der Waals surface area contributed by atoms with Crippen LogP contribution in [0.3, 0.4) is 0 Å². The summed E-state index contributed by atoms with van der Waals surface area (Å²) in [4.78, 5) is 0. The molecule has 90 valence electrons. The van der Waals surface area contributed by atoms with E-state index in [1.54, 1.807) is 0 Å². The van der Waals surface area contributed by atoms with Crippen molar-refractivity contribution in [2.45, 2.75) is 18.9 Å². The molecule has 6 heteroatoms. The van der Waals surface area contributed by atoms with Crippen molar-refractivity contribution < 1.29 is 21.6 Å². The fourth-order valence-electron chi connectivity index (χ4n) is 1.41. The van der Waals surface area contributed by atoms with E-state index in [0.29, 0.717) is 5.56 Å². The van der Waals surface area contributed by atoms with Gasteiger partial charge in [-0.3, -0.25) is 0 Å². The molecule has 0 N–H and O–H groups in total. The Morgan fingerprint density at radius 2 is 1.75 bits per heavy atom. The van der Waals surface area contributed by atoms with Gasteiger partial charge < -0.3 is 0 Å². The number of halogens is 3. The van der Waals surface area contributed by atoms with E-state index in [-0.39, 0.29) is 11.3 Å². The zero-order chi connectivity index (χ0) is 12.6. The first-order chi connectivity index (χ1) is 7.08. The van der Waals surface area contributed by atoms with Crippen molar-refractivity contribution in [2.24, 2.45) is 0 Å². The first kappa shape index (κ1) is 13.0. The Bertz CT molecular complexity index is 489. The lowest BCUT2D eigenvalue weighted by molar-refractivity contribution is -0.137. The van der Waals surface area contributed by atoms with Crippen molar-refractivity contribution >= 4 is 9.84 Å². The highest BCUT2D eigenvalue weighted by atomic mass is 32.2. The quantitative estimate of drug-likeness (QED) is 0.810. The van der Waals surface area contributed by atoms with Gasteiger partial charge in [0, 0.05) is 6.26 Å². The molecule has 1 aromatic carbocycles. The second kappa shape index (κ2) is 4.08. The summed E-state index contributed by atoms with van der Waals surface area (Å²) >= 11 is 0. The molecule has 0 spiro atoms. The normalized spacial score (nSPS) is 12.8. The van der Waals surface area contributed by atoms with Crippen LogP contribution in [0.15, 0.2) is 18.2 Å². The maximum atomic E-state index is 12.4. The van der Waals surface area contributed by atoms with E-state index in [4.69, 9.17) is 0 Å². The highest BCUT2D eigenvalue weighted by Gasteiger charge is 2.31. The van der Waals surface area contributed by atoms with Crippen LogP contribution in [-0.2, 0) is 21.8 Å². The smallest absolute Gasteiger partial charge is 0.229 e. The van der Waals surface area contributed by atoms with Crippen LogP contribution in [0, 0.1) is 6.92 Å². The number of rotatable bonds is 2. The number of sulfone groups is 1. The summed E-state index contributed by atoms with van der Waals surface area (Å²) in [7, 11) is -3.32. The van der Waals surface area contributed by atoms with Gasteiger partial charge in [-0.15, -0.1) is 0 Å². The molecule has 1 aromatic rings. The van der Waals surface area contributed by atoms with E-state index in [2.05, 4.69) is 0 Å². The molecule has 0 radical (unpaired) electrons. The predicted molar refractivity (Wildman–Crippen MR) is 54.7 cm³/mol. The maximum absolute atomic E-state index is 12.4. The predicted octanol–water partition coefficient (Wildman–Crippen LogP) is 2.56.